The third-order valence-corrected chi connectivity index (χ3v) is 14.0. The number of ketones is 1. The second kappa shape index (κ2) is 30.8. The number of ether oxygens (including phenoxy) is 4. The Balaban J connectivity index is 1.02. The number of urea groups is 1. The number of hydrogen-bond acceptors (Lipinski definition) is 16. The first-order valence-corrected chi connectivity index (χ1v) is 28.2. The standard InChI is InChI=1S/C54H63F8N9O14S/c1-29(2)48(68-40(73)13-17-81-19-21-83-22-20-82-18-14-42(74)85-51-46(58)44(56)43(55)45(57)47(51)59)38(72)25-32(6-4-15-65-53(63)78)52(77)66-35-10-8-30(9-11-35)27-70-16-12-39(67-37-24-33(49(75)50(37)76)28-84-86(64,79)80)71-41(70)26-36(69-71)31-5-3-7-34(23-31)54(60,61)62/h3,5,7-12,16,23,26,29,32-33,37,48-50,75-76H,4,6,13-15,17-22,24-25,27-28H2,1-2H3,(H7,63,64,65,66,68,73,77,78,79,80)/p+1/t32-,33-,37-,48+,49-,50+/m1/s1. The van der Waals surface area contributed by atoms with Gasteiger partial charge in [-0.3, -0.25) is 23.4 Å². The summed E-state index contributed by atoms with van der Waals surface area (Å²) in [6, 6.07) is 11.7. The summed E-state index contributed by atoms with van der Waals surface area (Å²) in [4.78, 5) is 64.0. The highest BCUT2D eigenvalue weighted by Gasteiger charge is 2.43. The van der Waals surface area contributed by atoms with Gasteiger partial charge in [0.1, 0.15) is 18.3 Å². The average Bonchev–Trinajstić information content (AvgIpc) is 2.30. The molecule has 0 saturated heterocycles. The van der Waals surface area contributed by atoms with E-state index in [1.165, 1.54) is 16.6 Å². The van der Waals surface area contributed by atoms with Gasteiger partial charge in [-0.2, -0.15) is 30.4 Å². The smallest absolute Gasteiger partial charge is 0.416 e. The van der Waals surface area contributed by atoms with Crippen LogP contribution in [0.2, 0.25) is 0 Å². The zero-order valence-corrected chi connectivity index (χ0v) is 47.0. The van der Waals surface area contributed by atoms with Crippen LogP contribution in [0.1, 0.15) is 63.5 Å². The van der Waals surface area contributed by atoms with E-state index in [0.717, 1.165) is 12.1 Å². The van der Waals surface area contributed by atoms with Gasteiger partial charge in [0.2, 0.25) is 52.5 Å². The average molecular weight is 1250 g/mol. The van der Waals surface area contributed by atoms with Crippen molar-refractivity contribution in [1.82, 2.24) is 20.2 Å². The quantitative estimate of drug-likeness (QED) is 0.00565. The summed E-state index contributed by atoms with van der Waals surface area (Å²) < 4.78 is 160. The number of hydrogen-bond donors (Lipinski definition) is 8. The van der Waals surface area contributed by atoms with Crippen LogP contribution in [-0.4, -0.2) is 135 Å². The van der Waals surface area contributed by atoms with Crippen molar-refractivity contribution in [2.45, 2.75) is 89.4 Å². The molecule has 32 heteroatoms. The molecule has 1 aliphatic rings. The third-order valence-electron chi connectivity index (χ3n) is 13.5. The summed E-state index contributed by atoms with van der Waals surface area (Å²) in [5, 5.41) is 42.3. The molecule has 1 aliphatic carbocycles. The minimum absolute atomic E-state index is 0.00408. The molecule has 10 N–H and O–H groups in total. The normalized spacial score (nSPS) is 16.9. The van der Waals surface area contributed by atoms with Crippen LogP contribution in [0, 0.1) is 46.8 Å². The lowest BCUT2D eigenvalue weighted by atomic mass is 9.89. The maximum absolute atomic E-state index is 13.9. The second-order valence-corrected chi connectivity index (χ2v) is 21.4. The van der Waals surface area contributed by atoms with E-state index in [9.17, 15) is 77.7 Å². The number of Topliss-reactive ketones (excluding diaryl/α,β-unsaturated/α-hetero) is 1. The molecule has 5 aromatic rings. The minimum atomic E-state index is -4.65. The number of aliphatic hydroxyl groups is 2. The second-order valence-electron chi connectivity index (χ2n) is 20.2. The zero-order chi connectivity index (χ0) is 63.0. The molecular weight excluding hydrogens is 1180 g/mol. The molecule has 2 aromatic heterocycles. The van der Waals surface area contributed by atoms with Gasteiger partial charge in [0.25, 0.3) is 0 Å². The molecule has 4 amide bonds. The highest BCUT2D eigenvalue weighted by Crippen LogP contribution is 2.34. The summed E-state index contributed by atoms with van der Waals surface area (Å²) in [5.41, 5.74) is 5.99. The molecule has 0 radical (unpaired) electrons. The van der Waals surface area contributed by atoms with Crippen molar-refractivity contribution in [3.8, 4) is 17.0 Å². The van der Waals surface area contributed by atoms with E-state index < -0.39 is 142 Å². The lowest BCUT2D eigenvalue weighted by Crippen LogP contribution is -2.45. The molecule has 0 bridgehead atoms. The van der Waals surface area contributed by atoms with Crippen molar-refractivity contribution in [3.05, 3.63) is 107 Å². The predicted molar refractivity (Wildman–Crippen MR) is 287 cm³/mol. The number of halogens is 8. The SMILES string of the molecule is CC(C)[C@H](NC(=O)CCOCCOCCOCCC(=O)Oc1c(F)c(F)c(F)c(F)c1F)C(=O)C[C@@H](CCCNC(N)=O)C(=O)Nc1ccc(C[n+]2ccc(N[C@@H]3C[C@H](COS(N)(=O)=O)[C@@H](O)[C@H]3O)n3nc(-c4cccc(C(F)(F)F)c4)cc32)cc1. The Labute approximate surface area is 486 Å². The lowest BCUT2D eigenvalue weighted by molar-refractivity contribution is -0.665. The van der Waals surface area contributed by atoms with Crippen LogP contribution in [0.25, 0.3) is 16.9 Å². The molecule has 86 heavy (non-hydrogen) atoms. The van der Waals surface area contributed by atoms with Crippen molar-refractivity contribution in [3.63, 3.8) is 0 Å². The minimum Gasteiger partial charge on any atom is -0.420 e. The number of nitrogens with one attached hydrogen (secondary N) is 4. The number of anilines is 2. The first-order valence-electron chi connectivity index (χ1n) is 26.7. The van der Waals surface area contributed by atoms with Crippen molar-refractivity contribution in [2.75, 3.05) is 63.4 Å². The fourth-order valence-corrected chi connectivity index (χ4v) is 9.43. The van der Waals surface area contributed by atoms with Gasteiger partial charge in [-0.1, -0.05) is 47.7 Å². The molecule has 0 spiro atoms. The van der Waals surface area contributed by atoms with Gasteiger partial charge >= 0.3 is 34.1 Å². The van der Waals surface area contributed by atoms with Crippen LogP contribution in [0.4, 0.5) is 51.4 Å². The van der Waals surface area contributed by atoms with Crippen LogP contribution in [0.5, 0.6) is 5.75 Å². The summed E-state index contributed by atoms with van der Waals surface area (Å²) in [5.74, 6) is -18.1. The number of aliphatic hydroxyl groups excluding tert-OH is 2. The highest BCUT2D eigenvalue weighted by atomic mass is 32.2. The Kier molecular flexibility index (Phi) is 24.2. The number of nitrogens with zero attached hydrogens (tertiary/aromatic N) is 3. The number of carbonyl (C=O) groups is 5. The molecule has 23 nitrogen and oxygen atoms in total. The largest absolute Gasteiger partial charge is 0.420 e. The summed E-state index contributed by atoms with van der Waals surface area (Å²) >= 11 is 0. The van der Waals surface area contributed by atoms with E-state index in [-0.39, 0.29) is 102 Å². The number of benzene rings is 3. The molecule has 470 valence electrons. The zero-order valence-electron chi connectivity index (χ0n) is 46.2. The van der Waals surface area contributed by atoms with E-state index in [4.69, 9.17) is 25.1 Å². The molecule has 3 aromatic carbocycles. The number of amides is 4. The number of carbonyl (C=O) groups excluding carboxylic acids is 5. The first kappa shape index (κ1) is 67.7. The van der Waals surface area contributed by atoms with Crippen LogP contribution >= 0.6 is 0 Å². The number of fused-ring (bicyclic) bond motifs is 1. The summed E-state index contributed by atoms with van der Waals surface area (Å²) in [6.45, 7) is 2.75. The third kappa shape index (κ3) is 19.3. The monoisotopic (exact) mass is 1250 g/mol. The van der Waals surface area contributed by atoms with Gasteiger partial charge in [-0.25, -0.2) is 27.7 Å². The highest BCUT2D eigenvalue weighted by molar-refractivity contribution is 7.84. The van der Waals surface area contributed by atoms with Gasteiger partial charge in [0.05, 0.1) is 88.7 Å². The van der Waals surface area contributed by atoms with Crippen molar-refractivity contribution in [2.24, 2.45) is 28.6 Å². The Morgan fingerprint density at radius 2 is 1.47 bits per heavy atom. The van der Waals surface area contributed by atoms with Gasteiger partial charge in [0.15, 0.2) is 5.78 Å². The number of esters is 1. The number of primary amides is 1. The van der Waals surface area contributed by atoms with Gasteiger partial charge in [0, 0.05) is 48.5 Å². The van der Waals surface area contributed by atoms with Crippen molar-refractivity contribution in [1.29, 1.82) is 0 Å². The van der Waals surface area contributed by atoms with E-state index in [1.807, 2.05) is 0 Å². The van der Waals surface area contributed by atoms with E-state index in [0.29, 0.717) is 16.9 Å². The Morgan fingerprint density at radius 1 is 0.837 bits per heavy atom. The molecule has 1 fully saturated rings. The lowest BCUT2D eigenvalue weighted by Gasteiger charge is -2.24. The van der Waals surface area contributed by atoms with Crippen molar-refractivity contribution >= 4 is 57.1 Å². The molecule has 6 rings (SSSR count). The maximum atomic E-state index is 13.9. The molecule has 6 atom stereocenters. The van der Waals surface area contributed by atoms with E-state index >= 15 is 0 Å². The number of aromatic nitrogens is 3. The van der Waals surface area contributed by atoms with Crippen LogP contribution in [0.3, 0.4) is 0 Å². The predicted octanol–water partition coefficient (Wildman–Crippen LogP) is 4.33. The maximum Gasteiger partial charge on any atom is 0.416 e. The van der Waals surface area contributed by atoms with E-state index in [1.54, 1.807) is 61.0 Å². The number of rotatable bonds is 32. The first-order chi connectivity index (χ1) is 40.6. The molecular formula is C54H64F8N9O14S+. The fraction of sp³-hybridized carbons (Fsp3) is 0.463. The Hall–Kier alpha value is -7.46. The number of nitrogens with two attached hydrogens (primary N) is 2. The molecule has 2 heterocycles. The van der Waals surface area contributed by atoms with Gasteiger partial charge < -0.3 is 56.2 Å². The Morgan fingerprint density at radius 3 is 2.08 bits per heavy atom. The van der Waals surface area contributed by atoms with Crippen molar-refractivity contribution < 1.29 is 105 Å². The molecule has 0 aliphatic heterocycles. The summed E-state index contributed by atoms with van der Waals surface area (Å²) in [7, 11) is -4.35. The topological polar surface area (TPSA) is 327 Å². The van der Waals surface area contributed by atoms with Gasteiger partial charge in [-0.15, -0.1) is 0 Å². The van der Waals surface area contributed by atoms with Crippen LogP contribution in [-0.2, 0) is 60.6 Å². The molecule has 0 unspecified atom stereocenters. The summed E-state index contributed by atoms with van der Waals surface area (Å²) in [6.07, 6.45) is -6.46. The molecule has 1 saturated carbocycles. The van der Waals surface area contributed by atoms with E-state index in [2.05, 4.69) is 35.3 Å². The van der Waals surface area contributed by atoms with Crippen LogP contribution in [0.15, 0.2) is 66.9 Å². The number of alkyl halides is 3. The Bertz CT molecular complexity index is 3280. The van der Waals surface area contributed by atoms with Crippen LogP contribution < -0.4 is 41.4 Å². The fourth-order valence-electron chi connectivity index (χ4n) is 9.06. The van der Waals surface area contributed by atoms with Gasteiger partial charge in [-0.05, 0) is 55.0 Å².